The number of carbonyl (C=O) groups excluding carboxylic acids is 1. The number of aliphatic hydroxyl groups excluding tert-OH is 1. The number of amides is 1. The minimum absolute atomic E-state index is 0.181. The van der Waals surface area contributed by atoms with Crippen LogP contribution in [0.15, 0.2) is 23.6 Å². The molecule has 1 aliphatic heterocycles. The van der Waals surface area contributed by atoms with E-state index in [0.29, 0.717) is 19.8 Å². The maximum atomic E-state index is 11.6. The monoisotopic (exact) mass is 296 g/mol. The molecule has 0 radical (unpaired) electrons. The van der Waals surface area contributed by atoms with Crippen LogP contribution in [0.3, 0.4) is 0 Å². The molecule has 1 fully saturated rings. The second-order valence-electron chi connectivity index (χ2n) is 4.66. The van der Waals surface area contributed by atoms with Crippen molar-refractivity contribution in [2.24, 2.45) is 0 Å². The summed E-state index contributed by atoms with van der Waals surface area (Å²) in [6.45, 7) is 3.93. The maximum absolute atomic E-state index is 11.6. The van der Waals surface area contributed by atoms with Gasteiger partial charge in [0.1, 0.15) is 0 Å². The number of thiophene rings is 1. The van der Waals surface area contributed by atoms with Crippen LogP contribution in [-0.4, -0.2) is 61.4 Å². The average molecular weight is 296 g/mol. The quantitative estimate of drug-likeness (QED) is 0.754. The number of nitrogens with zero attached hydrogens (tertiary/aromatic N) is 1. The highest BCUT2D eigenvalue weighted by Gasteiger charge is 2.14. The van der Waals surface area contributed by atoms with Crippen LogP contribution in [0.25, 0.3) is 6.08 Å². The fraction of sp³-hybridized carbons (Fsp3) is 0.500. The topological polar surface area (TPSA) is 61.8 Å². The number of hydrogen-bond donors (Lipinski definition) is 2. The predicted molar refractivity (Wildman–Crippen MR) is 79.6 cm³/mol. The van der Waals surface area contributed by atoms with Gasteiger partial charge in [0, 0.05) is 37.1 Å². The van der Waals surface area contributed by atoms with Gasteiger partial charge in [0.2, 0.25) is 5.91 Å². The van der Waals surface area contributed by atoms with Gasteiger partial charge < -0.3 is 15.2 Å². The molecule has 0 bridgehead atoms. The van der Waals surface area contributed by atoms with Gasteiger partial charge in [0.05, 0.1) is 19.3 Å². The molecule has 1 amide bonds. The summed E-state index contributed by atoms with van der Waals surface area (Å²) in [6.07, 6.45) is 2.72. The zero-order chi connectivity index (χ0) is 14.2. The number of aliphatic hydroxyl groups is 1. The smallest absolute Gasteiger partial charge is 0.244 e. The second kappa shape index (κ2) is 8.16. The normalized spacial score (nSPS) is 18.2. The first kappa shape index (κ1) is 15.2. The first-order valence-corrected chi connectivity index (χ1v) is 7.59. The molecular weight excluding hydrogens is 276 g/mol. The molecule has 1 aromatic heterocycles. The minimum Gasteiger partial charge on any atom is -0.390 e. The molecule has 110 valence electrons. The second-order valence-corrected chi connectivity index (χ2v) is 5.64. The molecule has 20 heavy (non-hydrogen) atoms. The zero-order valence-electron chi connectivity index (χ0n) is 11.3. The molecular formula is C14H20N2O3S. The van der Waals surface area contributed by atoms with Crippen LogP contribution in [0.2, 0.25) is 0 Å². The van der Waals surface area contributed by atoms with Gasteiger partial charge in [-0.2, -0.15) is 0 Å². The summed E-state index contributed by atoms with van der Waals surface area (Å²) in [7, 11) is 0. The Morgan fingerprint density at radius 1 is 1.55 bits per heavy atom. The summed E-state index contributed by atoms with van der Waals surface area (Å²) in [6, 6.07) is 3.88. The van der Waals surface area contributed by atoms with E-state index in [1.165, 1.54) is 6.08 Å². The van der Waals surface area contributed by atoms with E-state index in [9.17, 15) is 9.90 Å². The molecule has 0 saturated carbocycles. The lowest BCUT2D eigenvalue weighted by atomic mass is 10.3. The van der Waals surface area contributed by atoms with E-state index in [1.807, 2.05) is 17.5 Å². The SMILES string of the molecule is O=C(/C=C/c1cccs1)NCC(O)CN1CCOCC1. The number of morpholine rings is 1. The highest BCUT2D eigenvalue weighted by atomic mass is 32.1. The number of ether oxygens (including phenoxy) is 1. The Bertz CT molecular complexity index is 428. The number of carbonyl (C=O) groups is 1. The van der Waals surface area contributed by atoms with Gasteiger partial charge in [-0.3, -0.25) is 9.69 Å². The van der Waals surface area contributed by atoms with Crippen molar-refractivity contribution in [2.75, 3.05) is 39.4 Å². The Balaban J connectivity index is 1.64. The Labute approximate surface area is 122 Å². The van der Waals surface area contributed by atoms with Crippen LogP contribution in [-0.2, 0) is 9.53 Å². The maximum Gasteiger partial charge on any atom is 0.244 e. The summed E-state index contributed by atoms with van der Waals surface area (Å²) in [5.74, 6) is -0.181. The number of hydrogen-bond acceptors (Lipinski definition) is 5. The Hall–Kier alpha value is -1.21. The summed E-state index contributed by atoms with van der Waals surface area (Å²) < 4.78 is 5.25. The summed E-state index contributed by atoms with van der Waals surface area (Å²) >= 11 is 1.58. The molecule has 0 aliphatic carbocycles. The third-order valence-electron chi connectivity index (χ3n) is 3.03. The number of rotatable bonds is 6. The fourth-order valence-corrected chi connectivity index (χ4v) is 2.59. The first-order chi connectivity index (χ1) is 9.74. The summed E-state index contributed by atoms with van der Waals surface area (Å²) in [5.41, 5.74) is 0. The van der Waals surface area contributed by atoms with Crippen molar-refractivity contribution in [3.8, 4) is 0 Å². The van der Waals surface area contributed by atoms with Crippen LogP contribution >= 0.6 is 11.3 Å². The van der Waals surface area contributed by atoms with E-state index in [0.717, 1.165) is 18.0 Å². The van der Waals surface area contributed by atoms with Crippen molar-refractivity contribution >= 4 is 23.3 Å². The van der Waals surface area contributed by atoms with Crippen LogP contribution < -0.4 is 5.32 Å². The van der Waals surface area contributed by atoms with Crippen molar-refractivity contribution in [3.05, 3.63) is 28.5 Å². The molecule has 2 rings (SSSR count). The fourth-order valence-electron chi connectivity index (χ4n) is 1.97. The highest BCUT2D eigenvalue weighted by molar-refractivity contribution is 7.10. The molecule has 2 heterocycles. The molecule has 2 N–H and O–H groups in total. The van der Waals surface area contributed by atoms with E-state index >= 15 is 0 Å². The van der Waals surface area contributed by atoms with Gasteiger partial charge in [-0.25, -0.2) is 0 Å². The van der Waals surface area contributed by atoms with Gasteiger partial charge in [-0.15, -0.1) is 11.3 Å². The average Bonchev–Trinajstić information content (AvgIpc) is 2.97. The van der Waals surface area contributed by atoms with E-state index in [4.69, 9.17) is 4.74 Å². The molecule has 1 atom stereocenters. The van der Waals surface area contributed by atoms with E-state index < -0.39 is 6.10 Å². The molecule has 0 spiro atoms. The van der Waals surface area contributed by atoms with Crippen molar-refractivity contribution in [2.45, 2.75) is 6.10 Å². The lowest BCUT2D eigenvalue weighted by molar-refractivity contribution is -0.117. The number of β-amino-alcohol motifs (C(OH)–C–C–N with tert-alkyl or cyclic N) is 1. The lowest BCUT2D eigenvalue weighted by Crippen LogP contribution is -2.44. The molecule has 1 aromatic rings. The van der Waals surface area contributed by atoms with Gasteiger partial charge in [-0.1, -0.05) is 6.07 Å². The standard InChI is InChI=1S/C14H20N2O3S/c17-12(11-16-5-7-19-8-6-16)10-15-14(18)4-3-13-2-1-9-20-13/h1-4,9,12,17H,5-8,10-11H2,(H,15,18)/b4-3+. The van der Waals surface area contributed by atoms with Crippen LogP contribution in [0, 0.1) is 0 Å². The van der Waals surface area contributed by atoms with E-state index in [2.05, 4.69) is 10.2 Å². The van der Waals surface area contributed by atoms with Crippen molar-refractivity contribution < 1.29 is 14.6 Å². The largest absolute Gasteiger partial charge is 0.390 e. The molecule has 1 aliphatic rings. The van der Waals surface area contributed by atoms with Gasteiger partial charge in [0.15, 0.2) is 0 Å². The molecule has 5 nitrogen and oxygen atoms in total. The number of nitrogens with one attached hydrogen (secondary N) is 1. The zero-order valence-corrected chi connectivity index (χ0v) is 12.1. The lowest BCUT2D eigenvalue weighted by Gasteiger charge is -2.28. The predicted octanol–water partition coefficient (Wildman–Crippen LogP) is 0.571. The first-order valence-electron chi connectivity index (χ1n) is 6.71. The molecule has 1 saturated heterocycles. The third kappa shape index (κ3) is 5.42. The van der Waals surface area contributed by atoms with Gasteiger partial charge in [0.25, 0.3) is 0 Å². The van der Waals surface area contributed by atoms with Crippen LogP contribution in [0.4, 0.5) is 0 Å². The Morgan fingerprint density at radius 3 is 3.05 bits per heavy atom. The van der Waals surface area contributed by atoms with Crippen LogP contribution in [0.1, 0.15) is 4.88 Å². The Morgan fingerprint density at radius 2 is 2.35 bits per heavy atom. The Kier molecular flexibility index (Phi) is 6.20. The van der Waals surface area contributed by atoms with Crippen molar-refractivity contribution in [3.63, 3.8) is 0 Å². The van der Waals surface area contributed by atoms with E-state index in [1.54, 1.807) is 17.4 Å². The molecule has 1 unspecified atom stereocenters. The minimum atomic E-state index is -0.549. The highest BCUT2D eigenvalue weighted by Crippen LogP contribution is 2.09. The third-order valence-corrected chi connectivity index (χ3v) is 3.86. The summed E-state index contributed by atoms with van der Waals surface area (Å²) in [5, 5.41) is 14.6. The van der Waals surface area contributed by atoms with Crippen LogP contribution in [0.5, 0.6) is 0 Å². The molecule has 6 heteroatoms. The van der Waals surface area contributed by atoms with Gasteiger partial charge >= 0.3 is 0 Å². The molecule has 0 aromatic carbocycles. The van der Waals surface area contributed by atoms with E-state index in [-0.39, 0.29) is 12.5 Å². The van der Waals surface area contributed by atoms with Crippen molar-refractivity contribution in [1.29, 1.82) is 0 Å². The van der Waals surface area contributed by atoms with Crippen molar-refractivity contribution in [1.82, 2.24) is 10.2 Å². The van der Waals surface area contributed by atoms with Gasteiger partial charge in [-0.05, 0) is 17.5 Å². The summed E-state index contributed by atoms with van der Waals surface area (Å²) in [4.78, 5) is 14.8.